The average Bonchev–Trinajstić information content (AvgIpc) is 2.79. The van der Waals surface area contributed by atoms with Crippen LogP contribution in [-0.2, 0) is 6.54 Å². The summed E-state index contributed by atoms with van der Waals surface area (Å²) in [4.78, 5) is 4.38. The summed E-state index contributed by atoms with van der Waals surface area (Å²) in [5, 5.41) is 12.9. The lowest BCUT2D eigenvalue weighted by Crippen LogP contribution is -2.34. The molecule has 0 aliphatic heterocycles. The van der Waals surface area contributed by atoms with E-state index in [0.29, 0.717) is 6.61 Å². The van der Waals surface area contributed by atoms with Gasteiger partial charge in [-0.2, -0.15) is 0 Å². The van der Waals surface area contributed by atoms with Gasteiger partial charge in [0.1, 0.15) is 4.60 Å². The number of pyridine rings is 1. The Morgan fingerprint density at radius 2 is 2.12 bits per heavy atom. The van der Waals surface area contributed by atoms with Crippen LogP contribution in [0, 0.1) is 5.41 Å². The summed E-state index contributed by atoms with van der Waals surface area (Å²) in [7, 11) is 0. The molecule has 0 amide bonds. The van der Waals surface area contributed by atoms with Gasteiger partial charge in [0.15, 0.2) is 0 Å². The van der Waals surface area contributed by atoms with Gasteiger partial charge in [0, 0.05) is 25.1 Å². The van der Waals surface area contributed by atoms with Gasteiger partial charge in [-0.3, -0.25) is 0 Å². The lowest BCUT2D eigenvalue weighted by molar-refractivity contribution is 0.128. The fourth-order valence-electron chi connectivity index (χ4n) is 2.52. The topological polar surface area (TPSA) is 45.1 Å². The van der Waals surface area contributed by atoms with Crippen molar-refractivity contribution in [1.82, 2.24) is 10.3 Å². The molecule has 1 aromatic rings. The van der Waals surface area contributed by atoms with E-state index in [4.69, 9.17) is 0 Å². The molecule has 1 saturated carbocycles. The average molecular weight is 299 g/mol. The number of aromatic nitrogens is 1. The molecule has 0 spiro atoms. The molecule has 2 N–H and O–H groups in total. The van der Waals surface area contributed by atoms with E-state index in [0.717, 1.165) is 36.2 Å². The normalized spacial score (nSPS) is 18.5. The van der Waals surface area contributed by atoms with E-state index in [2.05, 4.69) is 26.2 Å². The fourth-order valence-corrected chi connectivity index (χ4v) is 2.90. The van der Waals surface area contributed by atoms with Crippen molar-refractivity contribution in [3.63, 3.8) is 0 Å². The number of nitrogens with zero attached hydrogens (tertiary/aromatic N) is 1. The van der Waals surface area contributed by atoms with Crippen LogP contribution in [0.25, 0.3) is 0 Å². The minimum absolute atomic E-state index is 0.117. The molecule has 1 aromatic heterocycles. The number of halogens is 1. The smallest absolute Gasteiger partial charge is 0.106 e. The molecular formula is C13H19BrN2O. The first-order valence-electron chi connectivity index (χ1n) is 6.17. The summed E-state index contributed by atoms with van der Waals surface area (Å²) in [6.07, 6.45) is 4.78. The van der Waals surface area contributed by atoms with Gasteiger partial charge in [0.25, 0.3) is 0 Å². The molecule has 4 heteroatoms. The molecule has 0 bridgehead atoms. The third-order valence-electron chi connectivity index (χ3n) is 3.58. The molecular weight excluding hydrogens is 280 g/mol. The molecule has 0 unspecified atom stereocenters. The van der Waals surface area contributed by atoms with Crippen LogP contribution in [0.2, 0.25) is 0 Å². The van der Waals surface area contributed by atoms with Crippen LogP contribution >= 0.6 is 15.9 Å². The molecule has 17 heavy (non-hydrogen) atoms. The number of aliphatic hydroxyl groups excluding tert-OH is 1. The zero-order valence-electron chi connectivity index (χ0n) is 9.95. The Bertz CT molecular complexity index is 364. The van der Waals surface area contributed by atoms with Crippen molar-refractivity contribution in [1.29, 1.82) is 0 Å². The van der Waals surface area contributed by atoms with Crippen molar-refractivity contribution in [3.8, 4) is 0 Å². The largest absolute Gasteiger partial charge is 0.396 e. The summed E-state index contributed by atoms with van der Waals surface area (Å²) in [6.45, 7) is 1.95. The van der Waals surface area contributed by atoms with Gasteiger partial charge >= 0.3 is 0 Å². The first-order valence-corrected chi connectivity index (χ1v) is 6.96. The van der Waals surface area contributed by atoms with Crippen LogP contribution in [0.1, 0.15) is 31.4 Å². The first kappa shape index (κ1) is 13.0. The second kappa shape index (κ2) is 5.94. The number of nitrogens with one attached hydrogen (secondary N) is 1. The zero-order valence-corrected chi connectivity index (χ0v) is 11.5. The van der Waals surface area contributed by atoms with Gasteiger partial charge in [-0.25, -0.2) is 4.98 Å². The van der Waals surface area contributed by atoms with Gasteiger partial charge in [0.05, 0.1) is 5.69 Å². The molecule has 0 radical (unpaired) electrons. The van der Waals surface area contributed by atoms with E-state index in [1.54, 1.807) is 0 Å². The van der Waals surface area contributed by atoms with E-state index in [1.165, 1.54) is 12.8 Å². The molecule has 1 aliphatic rings. The maximum Gasteiger partial charge on any atom is 0.106 e. The quantitative estimate of drug-likeness (QED) is 0.821. The first-order chi connectivity index (χ1) is 8.24. The summed E-state index contributed by atoms with van der Waals surface area (Å²) in [6, 6.07) is 5.93. The SMILES string of the molecule is OCC1(CNCc2cccc(Br)n2)CCCC1. The molecule has 0 saturated heterocycles. The summed E-state index contributed by atoms with van der Waals surface area (Å²) < 4.78 is 0.870. The van der Waals surface area contributed by atoms with Crippen molar-refractivity contribution in [2.45, 2.75) is 32.2 Å². The van der Waals surface area contributed by atoms with Gasteiger partial charge in [-0.1, -0.05) is 18.9 Å². The monoisotopic (exact) mass is 298 g/mol. The highest BCUT2D eigenvalue weighted by molar-refractivity contribution is 9.10. The summed E-state index contributed by atoms with van der Waals surface area (Å²) in [5.74, 6) is 0. The molecule has 1 heterocycles. The molecule has 2 rings (SSSR count). The Balaban J connectivity index is 1.82. The van der Waals surface area contributed by atoms with Gasteiger partial charge in [0.2, 0.25) is 0 Å². The Kier molecular flexibility index (Phi) is 4.54. The molecule has 0 aromatic carbocycles. The predicted octanol–water partition coefficient (Wildman–Crippen LogP) is 2.49. The lowest BCUT2D eigenvalue weighted by atomic mass is 9.87. The Morgan fingerprint density at radius 3 is 2.76 bits per heavy atom. The van der Waals surface area contributed by atoms with Gasteiger partial charge in [-0.05, 0) is 40.9 Å². The number of hydrogen-bond acceptors (Lipinski definition) is 3. The maximum absolute atomic E-state index is 9.49. The predicted molar refractivity (Wildman–Crippen MR) is 71.6 cm³/mol. The molecule has 1 aliphatic carbocycles. The molecule has 1 fully saturated rings. The van der Waals surface area contributed by atoms with Crippen molar-refractivity contribution in [2.24, 2.45) is 5.41 Å². The Labute approximate surface area is 111 Å². The van der Waals surface area contributed by atoms with Crippen LogP contribution in [0.4, 0.5) is 0 Å². The summed E-state index contributed by atoms with van der Waals surface area (Å²) >= 11 is 3.37. The van der Waals surface area contributed by atoms with Crippen LogP contribution < -0.4 is 5.32 Å². The van der Waals surface area contributed by atoms with Crippen molar-refractivity contribution in [3.05, 3.63) is 28.5 Å². The minimum Gasteiger partial charge on any atom is -0.396 e. The zero-order chi connectivity index (χ0) is 12.1. The summed E-state index contributed by atoms with van der Waals surface area (Å²) in [5.41, 5.74) is 1.15. The van der Waals surface area contributed by atoms with Gasteiger partial charge in [-0.15, -0.1) is 0 Å². The van der Waals surface area contributed by atoms with Gasteiger partial charge < -0.3 is 10.4 Å². The van der Waals surface area contributed by atoms with E-state index in [9.17, 15) is 5.11 Å². The third-order valence-corrected chi connectivity index (χ3v) is 4.02. The number of aliphatic hydroxyl groups is 1. The lowest BCUT2D eigenvalue weighted by Gasteiger charge is -2.26. The van der Waals surface area contributed by atoms with Crippen LogP contribution in [0.15, 0.2) is 22.8 Å². The standard InChI is InChI=1S/C13H19BrN2O/c14-12-5-3-4-11(16-12)8-15-9-13(10-17)6-1-2-7-13/h3-5,15,17H,1-2,6-10H2. The van der Waals surface area contributed by atoms with Crippen molar-refractivity contribution >= 4 is 15.9 Å². The molecule has 0 atom stereocenters. The minimum atomic E-state index is 0.117. The number of rotatable bonds is 5. The van der Waals surface area contributed by atoms with E-state index < -0.39 is 0 Å². The Morgan fingerprint density at radius 1 is 1.35 bits per heavy atom. The number of hydrogen-bond donors (Lipinski definition) is 2. The second-order valence-electron chi connectivity index (χ2n) is 4.92. The van der Waals surface area contributed by atoms with Crippen molar-refractivity contribution in [2.75, 3.05) is 13.2 Å². The van der Waals surface area contributed by atoms with Crippen LogP contribution in [0.5, 0.6) is 0 Å². The van der Waals surface area contributed by atoms with Crippen LogP contribution in [-0.4, -0.2) is 23.2 Å². The second-order valence-corrected chi connectivity index (χ2v) is 5.73. The van der Waals surface area contributed by atoms with E-state index >= 15 is 0 Å². The van der Waals surface area contributed by atoms with E-state index in [1.807, 2.05) is 18.2 Å². The fraction of sp³-hybridized carbons (Fsp3) is 0.615. The molecule has 3 nitrogen and oxygen atoms in total. The van der Waals surface area contributed by atoms with E-state index in [-0.39, 0.29) is 5.41 Å². The van der Waals surface area contributed by atoms with Crippen molar-refractivity contribution < 1.29 is 5.11 Å². The molecule has 94 valence electrons. The Hall–Kier alpha value is -0.450. The highest BCUT2D eigenvalue weighted by Crippen LogP contribution is 2.36. The highest BCUT2D eigenvalue weighted by Gasteiger charge is 2.32. The van der Waals surface area contributed by atoms with Crippen LogP contribution in [0.3, 0.4) is 0 Å². The highest BCUT2D eigenvalue weighted by atomic mass is 79.9. The maximum atomic E-state index is 9.49. The third kappa shape index (κ3) is 3.50.